The maximum Gasteiger partial charge on any atom is 0.276 e. The second-order valence-corrected chi connectivity index (χ2v) is 6.06. The number of carbonyl (C=O) groups is 1. The SMILES string of the molecule is CN(Cc1cccnc1)C(=O)c1cc(Cn2cnc3ccccc32)on1. The van der Waals surface area contributed by atoms with Crippen molar-refractivity contribution >= 4 is 16.9 Å². The molecule has 7 heteroatoms. The van der Waals surface area contributed by atoms with E-state index in [9.17, 15) is 4.79 Å². The lowest BCUT2D eigenvalue weighted by molar-refractivity contribution is 0.0774. The van der Waals surface area contributed by atoms with Crippen LogP contribution >= 0.6 is 0 Å². The molecule has 4 rings (SSSR count). The third kappa shape index (κ3) is 3.19. The van der Waals surface area contributed by atoms with Crippen LogP contribution < -0.4 is 0 Å². The van der Waals surface area contributed by atoms with Crippen molar-refractivity contribution in [3.05, 3.63) is 78.2 Å². The number of fused-ring (bicyclic) bond motifs is 1. The van der Waals surface area contributed by atoms with Gasteiger partial charge < -0.3 is 14.0 Å². The molecule has 4 aromatic rings. The van der Waals surface area contributed by atoms with Crippen LogP contribution in [0.3, 0.4) is 0 Å². The van der Waals surface area contributed by atoms with Gasteiger partial charge in [0.05, 0.1) is 23.9 Å². The van der Waals surface area contributed by atoms with Crippen molar-refractivity contribution in [1.29, 1.82) is 0 Å². The highest BCUT2D eigenvalue weighted by molar-refractivity contribution is 5.92. The van der Waals surface area contributed by atoms with Crippen LogP contribution in [0.4, 0.5) is 0 Å². The first kappa shape index (κ1) is 16.0. The maximum atomic E-state index is 12.5. The summed E-state index contributed by atoms with van der Waals surface area (Å²) in [6, 6.07) is 13.3. The molecule has 7 nitrogen and oxygen atoms in total. The zero-order valence-electron chi connectivity index (χ0n) is 14.2. The van der Waals surface area contributed by atoms with Gasteiger partial charge in [0, 0.05) is 32.1 Å². The first-order chi connectivity index (χ1) is 12.7. The largest absolute Gasteiger partial charge is 0.359 e. The summed E-state index contributed by atoms with van der Waals surface area (Å²) in [4.78, 5) is 22.5. The molecule has 0 fully saturated rings. The van der Waals surface area contributed by atoms with E-state index in [1.54, 1.807) is 36.7 Å². The van der Waals surface area contributed by atoms with Gasteiger partial charge in [0.15, 0.2) is 11.5 Å². The summed E-state index contributed by atoms with van der Waals surface area (Å²) >= 11 is 0. The topological polar surface area (TPSA) is 77.0 Å². The number of para-hydroxylation sites is 2. The van der Waals surface area contributed by atoms with Crippen molar-refractivity contribution in [3.63, 3.8) is 0 Å². The minimum Gasteiger partial charge on any atom is -0.359 e. The van der Waals surface area contributed by atoms with Crippen LogP contribution in [0.25, 0.3) is 11.0 Å². The highest BCUT2D eigenvalue weighted by Crippen LogP contribution is 2.15. The van der Waals surface area contributed by atoms with Gasteiger partial charge in [-0.05, 0) is 23.8 Å². The van der Waals surface area contributed by atoms with Crippen LogP contribution in [0.5, 0.6) is 0 Å². The Morgan fingerprint density at radius 1 is 1.23 bits per heavy atom. The van der Waals surface area contributed by atoms with Gasteiger partial charge in [0.25, 0.3) is 5.91 Å². The number of nitrogens with zero attached hydrogens (tertiary/aromatic N) is 5. The van der Waals surface area contributed by atoms with Crippen molar-refractivity contribution in [1.82, 2.24) is 24.6 Å². The van der Waals surface area contributed by atoms with Gasteiger partial charge in [0.2, 0.25) is 0 Å². The summed E-state index contributed by atoms with van der Waals surface area (Å²) in [6.07, 6.45) is 5.19. The van der Waals surface area contributed by atoms with Gasteiger partial charge in [-0.1, -0.05) is 23.4 Å². The van der Waals surface area contributed by atoms with Crippen molar-refractivity contribution in [2.45, 2.75) is 13.1 Å². The molecule has 1 aromatic carbocycles. The molecule has 0 aliphatic rings. The summed E-state index contributed by atoms with van der Waals surface area (Å²) in [5, 5.41) is 3.92. The lowest BCUT2D eigenvalue weighted by atomic mass is 10.2. The van der Waals surface area contributed by atoms with E-state index in [1.807, 2.05) is 41.0 Å². The zero-order valence-corrected chi connectivity index (χ0v) is 14.2. The van der Waals surface area contributed by atoms with Crippen LogP contribution in [0.2, 0.25) is 0 Å². The van der Waals surface area contributed by atoms with E-state index < -0.39 is 0 Å². The number of benzene rings is 1. The number of hydrogen-bond acceptors (Lipinski definition) is 5. The molecule has 0 aliphatic heterocycles. The molecule has 1 amide bonds. The normalized spacial score (nSPS) is 11.0. The molecule has 0 aliphatic carbocycles. The third-order valence-corrected chi connectivity index (χ3v) is 4.12. The fourth-order valence-electron chi connectivity index (χ4n) is 2.83. The van der Waals surface area contributed by atoms with E-state index in [4.69, 9.17) is 4.52 Å². The molecule has 130 valence electrons. The Morgan fingerprint density at radius 3 is 2.96 bits per heavy atom. The fraction of sp³-hybridized carbons (Fsp3) is 0.158. The van der Waals surface area contributed by atoms with Crippen LogP contribution in [-0.2, 0) is 13.1 Å². The molecule has 0 radical (unpaired) electrons. The van der Waals surface area contributed by atoms with Crippen LogP contribution in [-0.4, -0.2) is 37.5 Å². The Bertz CT molecular complexity index is 1040. The first-order valence-corrected chi connectivity index (χ1v) is 8.20. The van der Waals surface area contributed by atoms with Gasteiger partial charge in [-0.2, -0.15) is 0 Å². The Hall–Kier alpha value is -3.48. The fourth-order valence-corrected chi connectivity index (χ4v) is 2.83. The number of imidazole rings is 1. The summed E-state index contributed by atoms with van der Waals surface area (Å²) in [6.45, 7) is 0.925. The predicted octanol–water partition coefficient (Wildman–Crippen LogP) is 2.74. The summed E-state index contributed by atoms with van der Waals surface area (Å²) < 4.78 is 7.31. The van der Waals surface area contributed by atoms with Crippen molar-refractivity contribution in [3.8, 4) is 0 Å². The Morgan fingerprint density at radius 2 is 2.12 bits per heavy atom. The number of hydrogen-bond donors (Lipinski definition) is 0. The summed E-state index contributed by atoms with van der Waals surface area (Å²) in [5.74, 6) is 0.408. The van der Waals surface area contributed by atoms with Gasteiger partial charge in [-0.25, -0.2) is 4.98 Å². The second-order valence-electron chi connectivity index (χ2n) is 6.06. The van der Waals surface area contributed by atoms with Crippen LogP contribution in [0, 0.1) is 0 Å². The van der Waals surface area contributed by atoms with E-state index in [-0.39, 0.29) is 11.6 Å². The molecule has 0 N–H and O–H groups in total. The van der Waals surface area contributed by atoms with Crippen molar-refractivity contribution in [2.75, 3.05) is 7.05 Å². The predicted molar refractivity (Wildman–Crippen MR) is 95.4 cm³/mol. The number of carbonyl (C=O) groups excluding carboxylic acids is 1. The highest BCUT2D eigenvalue weighted by atomic mass is 16.5. The lowest BCUT2D eigenvalue weighted by Gasteiger charge is -2.15. The molecule has 0 saturated heterocycles. The van der Waals surface area contributed by atoms with Crippen LogP contribution in [0.15, 0.2) is 65.7 Å². The zero-order chi connectivity index (χ0) is 17.9. The molecule has 0 spiro atoms. The minimum absolute atomic E-state index is 0.195. The molecular weight excluding hydrogens is 330 g/mol. The summed E-state index contributed by atoms with van der Waals surface area (Å²) in [5.41, 5.74) is 3.16. The maximum absolute atomic E-state index is 12.5. The smallest absolute Gasteiger partial charge is 0.276 e. The number of pyridine rings is 1. The number of amides is 1. The Balaban J connectivity index is 1.48. The van der Waals surface area contributed by atoms with Gasteiger partial charge >= 0.3 is 0 Å². The minimum atomic E-state index is -0.195. The monoisotopic (exact) mass is 347 g/mol. The standard InChI is InChI=1S/C19H17N5O2/c1-23(11-14-5-4-8-20-10-14)19(25)17-9-15(26-22-17)12-24-13-21-16-6-2-3-7-18(16)24/h2-10,13H,11-12H2,1H3. The quantitative estimate of drug-likeness (QED) is 0.555. The third-order valence-electron chi connectivity index (χ3n) is 4.12. The van der Waals surface area contributed by atoms with Gasteiger partial charge in [-0.15, -0.1) is 0 Å². The molecule has 3 heterocycles. The molecular formula is C19H17N5O2. The molecule has 0 saturated carbocycles. The van der Waals surface area contributed by atoms with E-state index in [2.05, 4.69) is 15.1 Å². The first-order valence-electron chi connectivity index (χ1n) is 8.20. The highest BCUT2D eigenvalue weighted by Gasteiger charge is 2.17. The average Bonchev–Trinajstić information content (AvgIpc) is 3.30. The number of aromatic nitrogens is 4. The van der Waals surface area contributed by atoms with E-state index in [0.29, 0.717) is 18.8 Å². The Labute approximate surface area is 149 Å². The van der Waals surface area contributed by atoms with Crippen molar-refractivity contribution < 1.29 is 9.32 Å². The van der Waals surface area contributed by atoms with Gasteiger partial charge in [-0.3, -0.25) is 9.78 Å². The van der Waals surface area contributed by atoms with E-state index in [0.717, 1.165) is 16.6 Å². The average molecular weight is 347 g/mol. The number of rotatable bonds is 5. The summed E-state index contributed by atoms with van der Waals surface area (Å²) in [7, 11) is 1.73. The van der Waals surface area contributed by atoms with Crippen molar-refractivity contribution in [2.24, 2.45) is 0 Å². The molecule has 0 atom stereocenters. The van der Waals surface area contributed by atoms with Crippen LogP contribution in [0.1, 0.15) is 21.8 Å². The Kier molecular flexibility index (Phi) is 4.18. The molecule has 26 heavy (non-hydrogen) atoms. The van der Waals surface area contributed by atoms with Gasteiger partial charge in [0.1, 0.15) is 0 Å². The van der Waals surface area contributed by atoms with E-state index >= 15 is 0 Å². The lowest BCUT2D eigenvalue weighted by Crippen LogP contribution is -2.26. The molecule has 3 aromatic heterocycles. The van der Waals surface area contributed by atoms with E-state index in [1.165, 1.54) is 0 Å². The second kappa shape index (κ2) is 6.79. The molecule has 0 unspecified atom stereocenters. The molecule has 0 bridgehead atoms.